The van der Waals surface area contributed by atoms with Gasteiger partial charge in [0.15, 0.2) is 0 Å². The highest BCUT2D eigenvalue weighted by Gasteiger charge is 1.98. The van der Waals surface area contributed by atoms with Gasteiger partial charge in [0, 0.05) is 30.5 Å². The molecule has 1 aromatic carbocycles. The zero-order valence-corrected chi connectivity index (χ0v) is 11.0. The zero-order chi connectivity index (χ0) is 12.6. The van der Waals surface area contributed by atoms with Crippen molar-refractivity contribution in [1.82, 2.24) is 9.97 Å². The summed E-state index contributed by atoms with van der Waals surface area (Å²) < 4.78 is 0. The monoisotopic (exact) mass is 263 g/mol. The molecule has 0 radical (unpaired) electrons. The van der Waals surface area contributed by atoms with Crippen molar-refractivity contribution in [1.29, 1.82) is 0 Å². The van der Waals surface area contributed by atoms with Crippen molar-refractivity contribution in [2.75, 3.05) is 30.0 Å². The Morgan fingerprint density at radius 1 is 1.22 bits per heavy atom. The van der Waals surface area contributed by atoms with Crippen molar-refractivity contribution in [2.24, 2.45) is 0 Å². The maximum absolute atomic E-state index is 8.65. The van der Waals surface area contributed by atoms with Crippen LogP contribution in [0.4, 0.5) is 5.95 Å². The predicted octanol–water partition coefficient (Wildman–Crippen LogP) is 2.16. The number of nitrogens with zero attached hydrogens (tertiary/aromatic N) is 2. The minimum absolute atomic E-state index is 0.272. The van der Waals surface area contributed by atoms with Crippen LogP contribution in [0.1, 0.15) is 6.42 Å². The van der Waals surface area contributed by atoms with E-state index in [2.05, 4.69) is 15.3 Å². The Hall–Kier alpha value is -1.33. The maximum atomic E-state index is 8.65. The van der Waals surface area contributed by atoms with Crippen LogP contribution in [0.25, 0.3) is 10.9 Å². The number of fused-ring (bicyclic) bond motifs is 1. The Morgan fingerprint density at radius 2 is 2.11 bits per heavy atom. The SMILES string of the molecule is OCCCSCCNc1ncc2ccccc2n1. The van der Waals surface area contributed by atoms with E-state index in [0.717, 1.165) is 35.4 Å². The zero-order valence-electron chi connectivity index (χ0n) is 10.2. The average Bonchev–Trinajstić information content (AvgIpc) is 2.42. The Morgan fingerprint density at radius 3 is 3.00 bits per heavy atom. The van der Waals surface area contributed by atoms with Gasteiger partial charge in [-0.05, 0) is 18.2 Å². The van der Waals surface area contributed by atoms with Gasteiger partial charge in [-0.3, -0.25) is 0 Å². The van der Waals surface area contributed by atoms with Crippen LogP contribution >= 0.6 is 11.8 Å². The Kier molecular flexibility index (Phi) is 5.23. The molecule has 0 saturated carbocycles. The van der Waals surface area contributed by atoms with Gasteiger partial charge in [0.1, 0.15) is 0 Å². The van der Waals surface area contributed by atoms with E-state index in [1.165, 1.54) is 0 Å². The molecule has 0 fully saturated rings. The summed E-state index contributed by atoms with van der Waals surface area (Å²) in [6.45, 7) is 1.11. The number of aromatic nitrogens is 2. The highest BCUT2D eigenvalue weighted by atomic mass is 32.2. The molecule has 2 N–H and O–H groups in total. The van der Waals surface area contributed by atoms with Crippen LogP contribution in [0.5, 0.6) is 0 Å². The fourth-order valence-electron chi connectivity index (χ4n) is 1.56. The van der Waals surface area contributed by atoms with Crippen LogP contribution < -0.4 is 5.32 Å². The molecule has 0 aliphatic rings. The lowest BCUT2D eigenvalue weighted by Gasteiger charge is -2.05. The molecule has 1 aromatic heterocycles. The average molecular weight is 263 g/mol. The number of anilines is 1. The largest absolute Gasteiger partial charge is 0.396 e. The van der Waals surface area contributed by atoms with Crippen LogP contribution in [0.3, 0.4) is 0 Å². The first kappa shape index (κ1) is 13.1. The van der Waals surface area contributed by atoms with Crippen molar-refractivity contribution in [3.05, 3.63) is 30.5 Å². The Bertz CT molecular complexity index is 492. The molecular weight excluding hydrogens is 246 g/mol. The number of hydrogen-bond donors (Lipinski definition) is 2. The van der Waals surface area contributed by atoms with Crippen LogP contribution in [-0.2, 0) is 0 Å². The summed E-state index contributed by atoms with van der Waals surface area (Å²) >= 11 is 1.82. The molecular formula is C13H17N3OS. The summed E-state index contributed by atoms with van der Waals surface area (Å²) in [6.07, 6.45) is 2.70. The van der Waals surface area contributed by atoms with E-state index in [1.807, 2.05) is 42.2 Å². The highest BCUT2D eigenvalue weighted by molar-refractivity contribution is 7.99. The second-order valence-corrected chi connectivity index (χ2v) is 5.09. The van der Waals surface area contributed by atoms with E-state index >= 15 is 0 Å². The second kappa shape index (κ2) is 7.18. The van der Waals surface area contributed by atoms with E-state index in [-0.39, 0.29) is 6.61 Å². The highest BCUT2D eigenvalue weighted by Crippen LogP contribution is 2.11. The van der Waals surface area contributed by atoms with Gasteiger partial charge in [0.05, 0.1) is 5.52 Å². The van der Waals surface area contributed by atoms with Crippen molar-refractivity contribution in [3.8, 4) is 0 Å². The molecule has 0 aliphatic heterocycles. The topological polar surface area (TPSA) is 58.0 Å². The molecule has 0 saturated heterocycles. The van der Waals surface area contributed by atoms with Gasteiger partial charge in [-0.25, -0.2) is 9.97 Å². The first-order chi connectivity index (χ1) is 8.90. The summed E-state index contributed by atoms with van der Waals surface area (Å²) in [4.78, 5) is 8.71. The van der Waals surface area contributed by atoms with Gasteiger partial charge >= 0.3 is 0 Å². The lowest BCUT2D eigenvalue weighted by atomic mass is 10.2. The van der Waals surface area contributed by atoms with Crippen LogP contribution in [0.15, 0.2) is 30.5 Å². The molecule has 5 heteroatoms. The van der Waals surface area contributed by atoms with Crippen LogP contribution in [0.2, 0.25) is 0 Å². The standard InChI is InChI=1S/C13H17N3OS/c17-7-3-8-18-9-6-14-13-15-10-11-4-1-2-5-12(11)16-13/h1-2,4-5,10,17H,3,6-9H2,(H,14,15,16). The molecule has 0 bridgehead atoms. The molecule has 2 aromatic rings. The van der Waals surface area contributed by atoms with Crippen LogP contribution in [-0.4, -0.2) is 39.7 Å². The van der Waals surface area contributed by atoms with Crippen molar-refractivity contribution in [2.45, 2.75) is 6.42 Å². The van der Waals surface area contributed by atoms with Gasteiger partial charge < -0.3 is 10.4 Å². The first-order valence-corrected chi connectivity index (χ1v) is 7.20. The summed E-state index contributed by atoms with van der Waals surface area (Å²) in [7, 11) is 0. The summed E-state index contributed by atoms with van der Waals surface area (Å²) in [5, 5.41) is 12.9. The third-order valence-electron chi connectivity index (χ3n) is 2.47. The van der Waals surface area contributed by atoms with Gasteiger partial charge in [0.25, 0.3) is 0 Å². The van der Waals surface area contributed by atoms with Crippen molar-refractivity contribution in [3.63, 3.8) is 0 Å². The molecule has 0 amide bonds. The van der Waals surface area contributed by atoms with E-state index in [4.69, 9.17) is 5.11 Å². The smallest absolute Gasteiger partial charge is 0.223 e. The number of nitrogens with one attached hydrogen (secondary N) is 1. The molecule has 18 heavy (non-hydrogen) atoms. The molecule has 1 heterocycles. The molecule has 0 unspecified atom stereocenters. The minimum Gasteiger partial charge on any atom is -0.396 e. The fraction of sp³-hybridized carbons (Fsp3) is 0.385. The molecule has 4 nitrogen and oxygen atoms in total. The summed E-state index contributed by atoms with van der Waals surface area (Å²) in [5.74, 6) is 2.67. The molecule has 2 rings (SSSR count). The molecule has 0 spiro atoms. The Balaban J connectivity index is 1.81. The summed E-state index contributed by atoms with van der Waals surface area (Å²) in [6, 6.07) is 7.95. The number of para-hydroxylation sites is 1. The van der Waals surface area contributed by atoms with E-state index < -0.39 is 0 Å². The van der Waals surface area contributed by atoms with Gasteiger partial charge in [-0.15, -0.1) is 0 Å². The first-order valence-electron chi connectivity index (χ1n) is 6.04. The van der Waals surface area contributed by atoms with E-state index in [1.54, 1.807) is 0 Å². The molecule has 0 atom stereocenters. The number of aliphatic hydroxyl groups excluding tert-OH is 1. The van der Waals surface area contributed by atoms with E-state index in [0.29, 0.717) is 5.95 Å². The van der Waals surface area contributed by atoms with Crippen molar-refractivity contribution >= 4 is 28.6 Å². The number of thioether (sulfide) groups is 1. The number of rotatable bonds is 7. The second-order valence-electron chi connectivity index (χ2n) is 3.87. The summed E-state index contributed by atoms with van der Waals surface area (Å²) in [5.41, 5.74) is 0.961. The fourth-order valence-corrected chi connectivity index (χ4v) is 2.34. The van der Waals surface area contributed by atoms with Gasteiger partial charge in [-0.1, -0.05) is 18.2 Å². The molecule has 0 aliphatic carbocycles. The van der Waals surface area contributed by atoms with Gasteiger partial charge in [0.2, 0.25) is 5.95 Å². The van der Waals surface area contributed by atoms with Crippen LogP contribution in [0, 0.1) is 0 Å². The van der Waals surface area contributed by atoms with E-state index in [9.17, 15) is 0 Å². The number of benzene rings is 1. The lowest BCUT2D eigenvalue weighted by molar-refractivity contribution is 0.296. The third-order valence-corrected chi connectivity index (χ3v) is 3.54. The minimum atomic E-state index is 0.272. The quantitative estimate of drug-likeness (QED) is 0.750. The third kappa shape index (κ3) is 3.85. The number of hydrogen-bond acceptors (Lipinski definition) is 5. The van der Waals surface area contributed by atoms with Gasteiger partial charge in [-0.2, -0.15) is 11.8 Å². The van der Waals surface area contributed by atoms with Crippen molar-refractivity contribution < 1.29 is 5.11 Å². The predicted molar refractivity (Wildman–Crippen MR) is 77.1 cm³/mol. The lowest BCUT2D eigenvalue weighted by Crippen LogP contribution is -2.07. The molecule has 96 valence electrons. The number of aliphatic hydroxyl groups is 1. The normalized spacial score (nSPS) is 10.7. The Labute approximate surface area is 111 Å². The maximum Gasteiger partial charge on any atom is 0.223 e.